The number of fused-ring (bicyclic) bond motifs is 1. The molecule has 29 heavy (non-hydrogen) atoms. The predicted molar refractivity (Wildman–Crippen MR) is 113 cm³/mol. The van der Waals surface area contributed by atoms with Crippen LogP contribution in [0.15, 0.2) is 53.3 Å². The van der Waals surface area contributed by atoms with E-state index < -0.39 is 12.1 Å². The van der Waals surface area contributed by atoms with Gasteiger partial charge in [0.25, 0.3) is 0 Å². The molecule has 6 nitrogen and oxygen atoms in total. The summed E-state index contributed by atoms with van der Waals surface area (Å²) in [6.07, 6.45) is -0.0282. The van der Waals surface area contributed by atoms with E-state index in [2.05, 4.69) is 10.3 Å². The van der Waals surface area contributed by atoms with Crippen LogP contribution >= 0.6 is 0 Å². The first kappa shape index (κ1) is 20.8. The van der Waals surface area contributed by atoms with Crippen molar-refractivity contribution in [2.45, 2.75) is 39.3 Å². The molecule has 0 bridgehead atoms. The minimum atomic E-state index is -0.768. The molecule has 6 heteroatoms. The monoisotopic (exact) mass is 394 g/mol. The van der Waals surface area contributed by atoms with Gasteiger partial charge in [0.15, 0.2) is 5.75 Å². The van der Waals surface area contributed by atoms with Gasteiger partial charge in [-0.15, -0.1) is 0 Å². The zero-order valence-electron chi connectivity index (χ0n) is 16.9. The molecule has 2 atom stereocenters. The van der Waals surface area contributed by atoms with Gasteiger partial charge >= 0.3 is 5.97 Å². The third kappa shape index (κ3) is 4.55. The van der Waals surface area contributed by atoms with Gasteiger partial charge in [-0.1, -0.05) is 37.6 Å². The maximum atomic E-state index is 12.5. The Morgan fingerprint density at radius 2 is 1.83 bits per heavy atom. The average molecular weight is 394 g/mol. The number of esters is 1. The van der Waals surface area contributed by atoms with Crippen LogP contribution in [0.3, 0.4) is 0 Å². The van der Waals surface area contributed by atoms with Gasteiger partial charge in [0.2, 0.25) is 5.56 Å². The summed E-state index contributed by atoms with van der Waals surface area (Å²) in [5.74, 6) is -0.265. The highest BCUT2D eigenvalue weighted by Gasteiger charge is 2.22. The van der Waals surface area contributed by atoms with E-state index >= 15 is 0 Å². The maximum absolute atomic E-state index is 12.5. The number of aromatic nitrogens is 1. The molecule has 3 N–H and O–H groups in total. The van der Waals surface area contributed by atoms with Crippen molar-refractivity contribution >= 4 is 16.9 Å². The van der Waals surface area contributed by atoms with Crippen LogP contribution in [0.4, 0.5) is 0 Å². The second-order valence-electron chi connectivity index (χ2n) is 7.04. The summed E-state index contributed by atoms with van der Waals surface area (Å²) >= 11 is 0. The molecule has 0 radical (unpaired) electrons. The van der Waals surface area contributed by atoms with Gasteiger partial charge in [0, 0.05) is 17.5 Å². The van der Waals surface area contributed by atoms with Crippen molar-refractivity contribution < 1.29 is 14.6 Å². The highest BCUT2D eigenvalue weighted by Crippen LogP contribution is 2.32. The van der Waals surface area contributed by atoms with Gasteiger partial charge in [-0.2, -0.15) is 0 Å². The lowest BCUT2D eigenvalue weighted by molar-refractivity contribution is 0.0736. The van der Waals surface area contributed by atoms with Crippen LogP contribution in [0.5, 0.6) is 5.75 Å². The average Bonchev–Trinajstić information content (AvgIpc) is 2.72. The number of hydrogen-bond acceptors (Lipinski definition) is 5. The number of aliphatic hydroxyl groups excluding tert-OH is 1. The van der Waals surface area contributed by atoms with Crippen LogP contribution in [0.2, 0.25) is 0 Å². The topological polar surface area (TPSA) is 91.4 Å². The number of aryl methyl sites for hydroxylation is 1. The van der Waals surface area contributed by atoms with Gasteiger partial charge < -0.3 is 20.1 Å². The molecular weight excluding hydrogens is 368 g/mol. The van der Waals surface area contributed by atoms with E-state index in [1.807, 2.05) is 32.9 Å². The molecule has 1 aromatic heterocycles. The summed E-state index contributed by atoms with van der Waals surface area (Å²) in [6, 6.07) is 13.3. The van der Waals surface area contributed by atoms with Gasteiger partial charge in [-0.05, 0) is 49.7 Å². The number of carbonyl (C=O) groups is 1. The molecule has 0 aliphatic rings. The minimum Gasteiger partial charge on any atom is -0.421 e. The van der Waals surface area contributed by atoms with E-state index in [-0.39, 0.29) is 17.4 Å². The summed E-state index contributed by atoms with van der Waals surface area (Å²) in [7, 11) is 0. The summed E-state index contributed by atoms with van der Waals surface area (Å²) in [4.78, 5) is 27.2. The van der Waals surface area contributed by atoms with Crippen molar-refractivity contribution in [2.24, 2.45) is 0 Å². The lowest BCUT2D eigenvalue weighted by atomic mass is 9.96. The van der Waals surface area contributed by atoms with Crippen molar-refractivity contribution in [3.8, 4) is 5.75 Å². The van der Waals surface area contributed by atoms with Crippen LogP contribution in [0, 0.1) is 6.92 Å². The van der Waals surface area contributed by atoms with Gasteiger partial charge in [-0.25, -0.2) is 4.79 Å². The Morgan fingerprint density at radius 3 is 2.48 bits per heavy atom. The Balaban J connectivity index is 2.01. The SMILES string of the molecule is CCNC(CC)C(O)c1ccc(OC(=O)c2ccc(C)cc2)c2[nH]c(=O)ccc12. The van der Waals surface area contributed by atoms with Crippen molar-refractivity contribution in [1.82, 2.24) is 10.3 Å². The highest BCUT2D eigenvalue weighted by molar-refractivity contribution is 5.95. The van der Waals surface area contributed by atoms with Crippen LogP contribution < -0.4 is 15.6 Å². The number of carbonyl (C=O) groups excluding carboxylic acids is 1. The minimum absolute atomic E-state index is 0.129. The van der Waals surface area contributed by atoms with Crippen molar-refractivity contribution in [1.29, 1.82) is 0 Å². The molecule has 0 aliphatic carbocycles. The van der Waals surface area contributed by atoms with Crippen LogP contribution in [0.25, 0.3) is 10.9 Å². The number of likely N-dealkylation sites (N-methyl/N-ethyl adjacent to an activating group) is 1. The number of benzene rings is 2. The zero-order valence-corrected chi connectivity index (χ0v) is 16.9. The van der Waals surface area contributed by atoms with Crippen molar-refractivity contribution in [3.05, 3.63) is 75.6 Å². The molecule has 1 heterocycles. The first-order chi connectivity index (χ1) is 13.9. The summed E-state index contributed by atoms with van der Waals surface area (Å²) < 4.78 is 5.57. The van der Waals surface area contributed by atoms with E-state index in [1.54, 1.807) is 30.3 Å². The molecular formula is C23H26N2O4. The number of rotatable bonds is 7. The molecule has 0 amide bonds. The smallest absolute Gasteiger partial charge is 0.343 e. The molecule has 2 aromatic carbocycles. The largest absolute Gasteiger partial charge is 0.421 e. The van der Waals surface area contributed by atoms with E-state index in [0.29, 0.717) is 22.0 Å². The number of hydrogen-bond donors (Lipinski definition) is 3. The highest BCUT2D eigenvalue weighted by atomic mass is 16.5. The quantitative estimate of drug-likeness (QED) is 0.422. The Bertz CT molecular complexity index is 1060. The summed E-state index contributed by atoms with van der Waals surface area (Å²) in [6.45, 7) is 6.65. The normalized spacial score (nSPS) is 13.2. The van der Waals surface area contributed by atoms with E-state index in [9.17, 15) is 14.7 Å². The van der Waals surface area contributed by atoms with E-state index in [1.165, 1.54) is 6.07 Å². The fraction of sp³-hybridized carbons (Fsp3) is 0.304. The van der Waals surface area contributed by atoms with E-state index in [4.69, 9.17) is 4.74 Å². The fourth-order valence-corrected chi connectivity index (χ4v) is 3.40. The van der Waals surface area contributed by atoms with Crippen molar-refractivity contribution in [2.75, 3.05) is 6.54 Å². The number of aromatic amines is 1. The molecule has 0 spiro atoms. The number of nitrogens with one attached hydrogen (secondary N) is 2. The number of H-pyrrole nitrogens is 1. The molecule has 3 aromatic rings. The van der Waals surface area contributed by atoms with Gasteiger partial charge in [0.1, 0.15) is 0 Å². The predicted octanol–water partition coefficient (Wildman–Crippen LogP) is 3.48. The third-order valence-electron chi connectivity index (χ3n) is 4.99. The Labute approximate surface area is 169 Å². The van der Waals surface area contributed by atoms with Gasteiger partial charge in [0.05, 0.1) is 17.2 Å². The van der Waals surface area contributed by atoms with Crippen LogP contribution in [0.1, 0.15) is 47.9 Å². The second-order valence-corrected chi connectivity index (χ2v) is 7.04. The molecule has 0 fully saturated rings. The Kier molecular flexibility index (Phi) is 6.46. The first-order valence-electron chi connectivity index (χ1n) is 9.80. The molecule has 0 aliphatic heterocycles. The standard InChI is InChI=1S/C23H26N2O4/c1-4-18(24-5-2)22(27)17-10-12-19(21-16(17)11-13-20(26)25-21)29-23(28)15-8-6-14(3)7-9-15/h6-13,18,22,24,27H,4-5H2,1-3H3,(H,25,26). The van der Waals surface area contributed by atoms with Crippen LogP contribution in [-0.4, -0.2) is 28.6 Å². The molecule has 0 saturated heterocycles. The first-order valence-corrected chi connectivity index (χ1v) is 9.80. The Morgan fingerprint density at radius 1 is 1.10 bits per heavy atom. The molecule has 2 unspecified atom stereocenters. The fourth-order valence-electron chi connectivity index (χ4n) is 3.40. The van der Waals surface area contributed by atoms with Crippen molar-refractivity contribution in [3.63, 3.8) is 0 Å². The summed E-state index contributed by atoms with van der Waals surface area (Å²) in [5, 5.41) is 14.8. The lowest BCUT2D eigenvalue weighted by Gasteiger charge is -2.24. The lowest BCUT2D eigenvalue weighted by Crippen LogP contribution is -2.34. The third-order valence-corrected chi connectivity index (χ3v) is 4.99. The number of pyridine rings is 1. The number of ether oxygens (including phenoxy) is 1. The Hall–Kier alpha value is -2.96. The summed E-state index contributed by atoms with van der Waals surface area (Å²) in [5.41, 5.74) is 2.21. The van der Waals surface area contributed by atoms with E-state index in [0.717, 1.165) is 18.5 Å². The molecule has 3 rings (SSSR count). The zero-order chi connectivity index (χ0) is 21.0. The number of aliphatic hydroxyl groups is 1. The molecule has 152 valence electrons. The second kappa shape index (κ2) is 9.03. The van der Waals surface area contributed by atoms with Crippen LogP contribution in [-0.2, 0) is 0 Å². The maximum Gasteiger partial charge on any atom is 0.343 e. The molecule has 0 saturated carbocycles. The van der Waals surface area contributed by atoms with Gasteiger partial charge in [-0.3, -0.25) is 4.79 Å².